The van der Waals surface area contributed by atoms with E-state index in [4.69, 9.17) is 17.3 Å². The number of anilines is 1. The molecule has 3 heterocycles. The number of nitrogens with zero attached hydrogens (tertiary/aromatic N) is 4. The van der Waals surface area contributed by atoms with Gasteiger partial charge in [-0.2, -0.15) is 0 Å². The Bertz CT molecular complexity index is 1360. The summed E-state index contributed by atoms with van der Waals surface area (Å²) >= 11 is 8.89. The topological polar surface area (TPSA) is 106 Å². The molecule has 1 aromatic carbocycles. The molecule has 3 N–H and O–H groups in total. The van der Waals surface area contributed by atoms with E-state index in [9.17, 15) is 9.59 Å². The van der Waals surface area contributed by atoms with Crippen molar-refractivity contribution in [3.05, 3.63) is 57.9 Å². The second kappa shape index (κ2) is 8.77. The van der Waals surface area contributed by atoms with E-state index in [0.717, 1.165) is 23.4 Å². The van der Waals surface area contributed by atoms with Crippen molar-refractivity contribution >= 4 is 56.2 Å². The van der Waals surface area contributed by atoms with Crippen LogP contribution in [-0.4, -0.2) is 50.2 Å². The highest BCUT2D eigenvalue weighted by Gasteiger charge is 2.35. The maximum absolute atomic E-state index is 13.5. The lowest BCUT2D eigenvalue weighted by molar-refractivity contribution is 0.0732. The molecule has 33 heavy (non-hydrogen) atoms. The third-order valence-electron chi connectivity index (χ3n) is 5.47. The van der Waals surface area contributed by atoms with Crippen LogP contribution in [0.5, 0.6) is 0 Å². The number of hydrogen-bond donors (Lipinski definition) is 2. The van der Waals surface area contributed by atoms with Gasteiger partial charge in [-0.15, -0.1) is 11.3 Å². The number of nitrogens with two attached hydrogens (primary N) is 1. The number of benzene rings is 1. The van der Waals surface area contributed by atoms with E-state index in [2.05, 4.69) is 15.3 Å². The molecule has 1 saturated carbocycles. The van der Waals surface area contributed by atoms with Gasteiger partial charge in [0.2, 0.25) is 0 Å². The molecule has 0 atom stereocenters. The normalized spacial score (nSPS) is 13.4. The van der Waals surface area contributed by atoms with Crippen LogP contribution in [0.25, 0.3) is 15.4 Å². The summed E-state index contributed by atoms with van der Waals surface area (Å²) in [6, 6.07) is 7.44. The largest absolute Gasteiger partial charge is 0.375 e. The van der Waals surface area contributed by atoms with Crippen molar-refractivity contribution in [3.8, 4) is 10.4 Å². The third-order valence-corrected chi connectivity index (χ3v) is 7.40. The smallest absolute Gasteiger partial charge is 0.274 e. The molecule has 0 aliphatic heterocycles. The Balaban J connectivity index is 1.32. The molecule has 0 unspecified atom stereocenters. The van der Waals surface area contributed by atoms with Gasteiger partial charge in [0.1, 0.15) is 11.4 Å². The summed E-state index contributed by atoms with van der Waals surface area (Å²) in [4.78, 5) is 38.3. The number of amides is 2. The third kappa shape index (κ3) is 4.33. The van der Waals surface area contributed by atoms with E-state index in [1.54, 1.807) is 21.4 Å². The van der Waals surface area contributed by atoms with Crippen molar-refractivity contribution in [1.29, 1.82) is 0 Å². The second-order valence-electron chi connectivity index (χ2n) is 7.83. The fourth-order valence-electron chi connectivity index (χ4n) is 3.82. The van der Waals surface area contributed by atoms with E-state index in [1.807, 2.05) is 30.6 Å². The Labute approximate surface area is 203 Å². The molecule has 0 bridgehead atoms. The number of thiazole rings is 2. The van der Waals surface area contributed by atoms with E-state index in [-0.39, 0.29) is 17.9 Å². The first-order chi connectivity index (χ1) is 15.9. The summed E-state index contributed by atoms with van der Waals surface area (Å²) in [5, 5.41) is 5.73. The van der Waals surface area contributed by atoms with Gasteiger partial charge in [-0.05, 0) is 37.5 Å². The Morgan fingerprint density at radius 1 is 1.33 bits per heavy atom. The minimum atomic E-state index is -0.209. The van der Waals surface area contributed by atoms with Crippen LogP contribution in [0.3, 0.4) is 0 Å². The summed E-state index contributed by atoms with van der Waals surface area (Å²) in [5.74, 6) is -0.394. The Hall–Kier alpha value is -2.95. The molecule has 11 heteroatoms. The molecule has 3 aromatic heterocycles. The maximum Gasteiger partial charge on any atom is 0.274 e. The number of nitrogen functional groups attached to an aromatic ring is 1. The Morgan fingerprint density at radius 2 is 2.15 bits per heavy atom. The molecule has 4 aromatic rings. The van der Waals surface area contributed by atoms with Crippen LogP contribution in [0.1, 0.15) is 39.5 Å². The zero-order valence-electron chi connectivity index (χ0n) is 17.7. The number of aromatic nitrogens is 3. The zero-order valence-corrected chi connectivity index (χ0v) is 20.1. The maximum atomic E-state index is 13.5. The van der Waals surface area contributed by atoms with E-state index in [0.29, 0.717) is 45.2 Å². The van der Waals surface area contributed by atoms with Gasteiger partial charge in [-0.3, -0.25) is 14.0 Å². The van der Waals surface area contributed by atoms with Crippen LogP contribution in [0.15, 0.2) is 35.8 Å². The van der Waals surface area contributed by atoms with Gasteiger partial charge in [-0.1, -0.05) is 35.1 Å². The van der Waals surface area contributed by atoms with Crippen LogP contribution >= 0.6 is 34.3 Å². The van der Waals surface area contributed by atoms with Crippen LogP contribution < -0.4 is 11.1 Å². The first-order valence-corrected chi connectivity index (χ1v) is 12.5. The molecule has 0 radical (unpaired) electrons. The molecule has 8 nitrogen and oxygen atoms in total. The van der Waals surface area contributed by atoms with Crippen LogP contribution in [0, 0.1) is 6.92 Å². The summed E-state index contributed by atoms with van der Waals surface area (Å²) < 4.78 is 1.79. The van der Waals surface area contributed by atoms with Gasteiger partial charge < -0.3 is 16.0 Å². The minimum absolute atomic E-state index is 0.143. The van der Waals surface area contributed by atoms with Crippen LogP contribution in [0.4, 0.5) is 5.13 Å². The SMILES string of the molecule is Cc1nc2sccn2c1C(=O)NCCN(C(=O)c1nc(N)sc1-c1cccc(Cl)c1)C1CC1. The molecule has 2 amide bonds. The van der Waals surface area contributed by atoms with E-state index in [1.165, 1.54) is 22.7 Å². The number of carbonyl (C=O) groups is 2. The number of hydrogen-bond acceptors (Lipinski definition) is 7. The van der Waals surface area contributed by atoms with E-state index >= 15 is 0 Å². The lowest BCUT2D eigenvalue weighted by Gasteiger charge is -2.22. The van der Waals surface area contributed by atoms with Crippen molar-refractivity contribution in [1.82, 2.24) is 24.6 Å². The zero-order chi connectivity index (χ0) is 23.1. The van der Waals surface area contributed by atoms with Crippen LogP contribution in [0.2, 0.25) is 5.02 Å². The van der Waals surface area contributed by atoms with E-state index < -0.39 is 0 Å². The van der Waals surface area contributed by atoms with Crippen molar-refractivity contribution in [3.63, 3.8) is 0 Å². The van der Waals surface area contributed by atoms with Gasteiger partial charge in [-0.25, -0.2) is 9.97 Å². The number of rotatable bonds is 7. The fraction of sp³-hybridized carbons (Fsp3) is 0.273. The van der Waals surface area contributed by atoms with Crippen molar-refractivity contribution in [2.75, 3.05) is 18.8 Å². The number of halogens is 1. The molecule has 1 aliphatic carbocycles. The van der Waals surface area contributed by atoms with Crippen molar-refractivity contribution in [2.45, 2.75) is 25.8 Å². The molecular formula is C22H21ClN6O2S2. The highest BCUT2D eigenvalue weighted by atomic mass is 35.5. The van der Waals surface area contributed by atoms with Gasteiger partial charge in [0.05, 0.1) is 10.6 Å². The van der Waals surface area contributed by atoms with Gasteiger partial charge in [0.15, 0.2) is 10.1 Å². The van der Waals surface area contributed by atoms with Crippen molar-refractivity contribution < 1.29 is 9.59 Å². The summed E-state index contributed by atoms with van der Waals surface area (Å²) in [6.07, 6.45) is 3.70. The highest BCUT2D eigenvalue weighted by Crippen LogP contribution is 2.36. The average molecular weight is 501 g/mol. The van der Waals surface area contributed by atoms with Gasteiger partial charge >= 0.3 is 0 Å². The minimum Gasteiger partial charge on any atom is -0.375 e. The first-order valence-electron chi connectivity index (χ1n) is 10.5. The summed E-state index contributed by atoms with van der Waals surface area (Å²) in [7, 11) is 0. The lowest BCUT2D eigenvalue weighted by atomic mass is 10.1. The van der Waals surface area contributed by atoms with Crippen molar-refractivity contribution in [2.24, 2.45) is 0 Å². The number of nitrogens with one attached hydrogen (secondary N) is 1. The lowest BCUT2D eigenvalue weighted by Crippen LogP contribution is -2.40. The number of aryl methyl sites for hydroxylation is 1. The average Bonchev–Trinajstić information content (AvgIpc) is 3.26. The second-order valence-corrected chi connectivity index (χ2v) is 10.2. The predicted molar refractivity (Wildman–Crippen MR) is 131 cm³/mol. The van der Waals surface area contributed by atoms with Crippen LogP contribution in [-0.2, 0) is 0 Å². The molecule has 1 aliphatic rings. The monoisotopic (exact) mass is 500 g/mol. The quantitative estimate of drug-likeness (QED) is 0.397. The fourth-order valence-corrected chi connectivity index (χ4v) is 5.59. The molecular weight excluding hydrogens is 480 g/mol. The number of imidazole rings is 1. The van der Waals surface area contributed by atoms with Gasteiger partial charge in [0, 0.05) is 35.7 Å². The molecule has 0 saturated heterocycles. The summed E-state index contributed by atoms with van der Waals surface area (Å²) in [5.41, 5.74) is 8.30. The standard InChI is InChI=1S/C22H21ClN6O2S2/c1-12-17(29-9-10-32-22(29)26-12)19(30)25-7-8-28(15-5-6-15)20(31)16-18(33-21(24)27-16)13-3-2-4-14(23)11-13/h2-4,9-11,15H,5-8H2,1H3,(H2,24,27)(H,25,30). The number of carbonyl (C=O) groups excluding carboxylic acids is 2. The predicted octanol–water partition coefficient (Wildman–Crippen LogP) is 4.10. The Kier molecular flexibility index (Phi) is 5.81. The highest BCUT2D eigenvalue weighted by molar-refractivity contribution is 7.19. The number of fused-ring (bicyclic) bond motifs is 1. The first kappa shape index (κ1) is 21.9. The molecule has 1 fully saturated rings. The Morgan fingerprint density at radius 3 is 2.91 bits per heavy atom. The molecule has 170 valence electrons. The molecule has 5 rings (SSSR count). The summed E-state index contributed by atoms with van der Waals surface area (Å²) in [6.45, 7) is 2.52. The van der Waals surface area contributed by atoms with Gasteiger partial charge in [0.25, 0.3) is 11.8 Å². The molecule has 0 spiro atoms.